The van der Waals surface area contributed by atoms with Crippen molar-refractivity contribution in [3.05, 3.63) is 293 Å². The van der Waals surface area contributed by atoms with Crippen molar-refractivity contribution < 1.29 is 4.74 Å². The summed E-state index contributed by atoms with van der Waals surface area (Å²) in [7, 11) is 0. The lowest BCUT2D eigenvalue weighted by Gasteiger charge is -2.40. The second-order valence-electron chi connectivity index (χ2n) is 19.4. The molecule has 3 heterocycles. The number of ether oxygens (including phenoxy) is 1. The summed E-state index contributed by atoms with van der Waals surface area (Å²) in [6, 6.07) is 92.9. The standard InChI is InChI=1S/C68H41NOS2/c1-4-18-53-47(15-1)49-37-34-46(41-60(49)68(53)56-20-6-10-24-61(56)70-62-25-11-7-21-57(62)68)69(44-32-29-42(30-33-44)43-31-36-51-50-17-3-12-26-63(50)71-66(51)39-43)45-35-38-55-52(40-45)48-16-2-5-19-54(48)67(55)58-22-8-13-27-64(58)72-65-28-14-9-23-59(65)67/h1-41H. The number of benzene rings is 11. The molecule has 72 heavy (non-hydrogen) atoms. The predicted molar refractivity (Wildman–Crippen MR) is 298 cm³/mol. The van der Waals surface area contributed by atoms with Crippen LogP contribution in [0.15, 0.2) is 259 Å². The van der Waals surface area contributed by atoms with Gasteiger partial charge in [-0.3, -0.25) is 0 Å². The van der Waals surface area contributed by atoms with E-state index in [2.05, 4.69) is 254 Å². The molecule has 336 valence electrons. The minimum Gasteiger partial charge on any atom is -0.457 e. The van der Waals surface area contributed by atoms with Gasteiger partial charge < -0.3 is 9.64 Å². The Kier molecular flexibility index (Phi) is 8.43. The zero-order valence-electron chi connectivity index (χ0n) is 38.8. The summed E-state index contributed by atoms with van der Waals surface area (Å²) in [5.74, 6) is 1.78. The molecule has 12 aromatic rings. The number of hydrogen-bond donors (Lipinski definition) is 0. The topological polar surface area (TPSA) is 12.5 Å². The van der Waals surface area contributed by atoms with E-state index in [0.29, 0.717) is 0 Å². The van der Waals surface area contributed by atoms with Crippen molar-refractivity contribution in [2.24, 2.45) is 0 Å². The average Bonchev–Trinajstić information content (AvgIpc) is 4.06. The molecule has 11 aromatic carbocycles. The number of fused-ring (bicyclic) bond motifs is 21. The number of nitrogens with zero attached hydrogens (tertiary/aromatic N) is 1. The maximum atomic E-state index is 6.75. The minimum atomic E-state index is -0.600. The predicted octanol–water partition coefficient (Wildman–Crippen LogP) is 18.5. The summed E-state index contributed by atoms with van der Waals surface area (Å²) in [5, 5.41) is 2.63. The highest BCUT2D eigenvalue weighted by Gasteiger charge is 2.52. The van der Waals surface area contributed by atoms with Crippen LogP contribution in [0.2, 0.25) is 0 Å². The van der Waals surface area contributed by atoms with Crippen LogP contribution in [-0.2, 0) is 10.8 Å². The third-order valence-corrected chi connectivity index (χ3v) is 18.3. The molecule has 0 saturated carbocycles. The van der Waals surface area contributed by atoms with E-state index in [1.807, 2.05) is 23.1 Å². The van der Waals surface area contributed by atoms with Crippen molar-refractivity contribution in [3.8, 4) is 44.9 Å². The van der Waals surface area contributed by atoms with Gasteiger partial charge in [0.1, 0.15) is 11.5 Å². The van der Waals surface area contributed by atoms with Crippen molar-refractivity contribution in [2.45, 2.75) is 20.6 Å². The van der Waals surface area contributed by atoms with Crippen LogP contribution in [-0.4, -0.2) is 0 Å². The van der Waals surface area contributed by atoms with Gasteiger partial charge in [-0.2, -0.15) is 0 Å². The van der Waals surface area contributed by atoms with Crippen LogP contribution in [0.5, 0.6) is 11.5 Å². The SMILES string of the molecule is c1ccc2c(c1)Oc1ccccc1C21c2ccccc2-c2ccc(N(c3ccc(-c4ccc5c(c4)sc4ccccc45)cc3)c3ccc4c(c3)-c3ccccc3C43c4ccccc4Sc4ccccc43)cc21. The normalized spacial score (nSPS) is 14.4. The Morgan fingerprint density at radius 2 is 0.792 bits per heavy atom. The van der Waals surface area contributed by atoms with Crippen molar-refractivity contribution in [3.63, 3.8) is 0 Å². The van der Waals surface area contributed by atoms with E-state index >= 15 is 0 Å². The molecule has 2 spiro atoms. The lowest BCUT2D eigenvalue weighted by Crippen LogP contribution is -2.32. The Morgan fingerprint density at radius 1 is 0.306 bits per heavy atom. The molecule has 0 bridgehead atoms. The van der Waals surface area contributed by atoms with Crippen molar-refractivity contribution >= 4 is 60.3 Å². The summed E-state index contributed by atoms with van der Waals surface area (Å²) in [4.78, 5) is 5.10. The van der Waals surface area contributed by atoms with Gasteiger partial charge >= 0.3 is 0 Å². The number of para-hydroxylation sites is 2. The summed E-state index contributed by atoms with van der Waals surface area (Å²) >= 11 is 3.75. The molecule has 2 aliphatic heterocycles. The third-order valence-electron chi connectivity index (χ3n) is 16.0. The van der Waals surface area contributed by atoms with Crippen molar-refractivity contribution in [1.29, 1.82) is 0 Å². The Hall–Kier alpha value is -8.41. The first kappa shape index (κ1) is 40.3. The first-order valence-electron chi connectivity index (χ1n) is 24.7. The van der Waals surface area contributed by atoms with Crippen LogP contribution in [0.25, 0.3) is 53.6 Å². The van der Waals surface area contributed by atoms with E-state index in [9.17, 15) is 0 Å². The van der Waals surface area contributed by atoms with Gasteiger partial charge in [-0.25, -0.2) is 0 Å². The van der Waals surface area contributed by atoms with E-state index in [0.717, 1.165) is 39.7 Å². The molecule has 2 nitrogen and oxygen atoms in total. The van der Waals surface area contributed by atoms with E-state index in [-0.39, 0.29) is 0 Å². The molecule has 2 aliphatic carbocycles. The maximum Gasteiger partial charge on any atom is 0.132 e. The van der Waals surface area contributed by atoms with Crippen LogP contribution in [0, 0.1) is 0 Å². The van der Waals surface area contributed by atoms with Gasteiger partial charge in [0.15, 0.2) is 0 Å². The molecule has 1 aromatic heterocycles. The van der Waals surface area contributed by atoms with Crippen LogP contribution in [0.1, 0.15) is 44.5 Å². The van der Waals surface area contributed by atoms with Crippen molar-refractivity contribution in [2.75, 3.05) is 4.90 Å². The monoisotopic (exact) mass is 951 g/mol. The van der Waals surface area contributed by atoms with Crippen LogP contribution >= 0.6 is 23.1 Å². The summed E-state index contributed by atoms with van der Waals surface area (Å²) in [5.41, 5.74) is 19.8. The lowest BCUT2D eigenvalue weighted by atomic mass is 9.66. The highest BCUT2D eigenvalue weighted by Crippen LogP contribution is 2.65. The molecule has 0 N–H and O–H groups in total. The van der Waals surface area contributed by atoms with Crippen LogP contribution in [0.4, 0.5) is 17.1 Å². The summed E-state index contributed by atoms with van der Waals surface area (Å²) < 4.78 is 9.38. The van der Waals surface area contributed by atoms with E-state index in [4.69, 9.17) is 4.74 Å². The van der Waals surface area contributed by atoms with E-state index in [1.165, 1.54) is 96.7 Å². The first-order chi connectivity index (χ1) is 35.7. The Bertz CT molecular complexity index is 4170. The fourth-order valence-electron chi connectivity index (χ4n) is 13.1. The number of hydrogen-bond acceptors (Lipinski definition) is 4. The highest BCUT2D eigenvalue weighted by atomic mass is 32.2. The molecular weight excluding hydrogens is 911 g/mol. The Labute approximate surface area is 426 Å². The maximum absolute atomic E-state index is 6.75. The molecular formula is C68H41NOS2. The van der Waals surface area contributed by atoms with Crippen LogP contribution in [0.3, 0.4) is 0 Å². The van der Waals surface area contributed by atoms with Crippen molar-refractivity contribution in [1.82, 2.24) is 0 Å². The fourth-order valence-corrected chi connectivity index (χ4v) is 15.5. The van der Waals surface area contributed by atoms with Gasteiger partial charge in [0.25, 0.3) is 0 Å². The van der Waals surface area contributed by atoms with Gasteiger partial charge in [0.2, 0.25) is 0 Å². The molecule has 0 fully saturated rings. The molecule has 0 radical (unpaired) electrons. The van der Waals surface area contributed by atoms with E-state index < -0.39 is 10.8 Å². The average molecular weight is 952 g/mol. The second-order valence-corrected chi connectivity index (χ2v) is 21.6. The zero-order chi connectivity index (χ0) is 47.1. The number of rotatable bonds is 4. The molecule has 0 amide bonds. The van der Waals surface area contributed by atoms with Crippen LogP contribution < -0.4 is 9.64 Å². The minimum absolute atomic E-state index is 0.458. The fraction of sp³-hybridized carbons (Fsp3) is 0.0294. The van der Waals surface area contributed by atoms with E-state index in [1.54, 1.807) is 0 Å². The van der Waals surface area contributed by atoms with Gasteiger partial charge in [-0.15, -0.1) is 11.3 Å². The summed E-state index contributed by atoms with van der Waals surface area (Å²) in [6.07, 6.45) is 0. The van der Waals surface area contributed by atoms with Gasteiger partial charge in [-0.1, -0.05) is 188 Å². The smallest absolute Gasteiger partial charge is 0.132 e. The Balaban J connectivity index is 0.926. The molecule has 0 saturated heterocycles. The molecule has 0 atom stereocenters. The first-order valence-corrected chi connectivity index (χ1v) is 26.4. The Morgan fingerprint density at radius 3 is 1.50 bits per heavy atom. The zero-order valence-corrected chi connectivity index (χ0v) is 40.5. The lowest BCUT2D eigenvalue weighted by molar-refractivity contribution is 0.436. The second kappa shape index (κ2) is 15.1. The number of anilines is 3. The highest BCUT2D eigenvalue weighted by molar-refractivity contribution is 7.99. The molecule has 16 rings (SSSR count). The molecule has 0 unspecified atom stereocenters. The molecule has 4 aliphatic rings. The van der Waals surface area contributed by atoms with Gasteiger partial charge in [0, 0.05) is 58.2 Å². The van der Waals surface area contributed by atoms with Gasteiger partial charge in [0.05, 0.1) is 10.8 Å². The largest absolute Gasteiger partial charge is 0.457 e. The summed E-state index contributed by atoms with van der Waals surface area (Å²) in [6.45, 7) is 0. The van der Waals surface area contributed by atoms with Gasteiger partial charge in [-0.05, 0) is 140 Å². The third kappa shape index (κ3) is 5.35. The number of thiophene rings is 1. The quantitative estimate of drug-likeness (QED) is 0.174. The molecule has 4 heteroatoms.